The molecule has 16 heteroatoms. The topological polar surface area (TPSA) is 127 Å². The summed E-state index contributed by atoms with van der Waals surface area (Å²) in [5, 5.41) is 6.72. The molecule has 0 aliphatic rings. The summed E-state index contributed by atoms with van der Waals surface area (Å²) >= 11 is 7.12. The van der Waals surface area contributed by atoms with Gasteiger partial charge in [0.25, 0.3) is 11.8 Å². The van der Waals surface area contributed by atoms with E-state index in [-0.39, 0.29) is 40.3 Å². The van der Waals surface area contributed by atoms with E-state index >= 15 is 0 Å². The molecule has 240 valence electrons. The van der Waals surface area contributed by atoms with E-state index in [1.54, 1.807) is 38.3 Å². The highest BCUT2D eigenvalue weighted by Crippen LogP contribution is 2.34. The maximum absolute atomic E-state index is 13.3. The Morgan fingerprint density at radius 1 is 1.20 bits per heavy atom. The Balaban J connectivity index is 2.06. The van der Waals surface area contributed by atoms with E-state index in [1.165, 1.54) is 23.7 Å². The Kier molecular flexibility index (Phi) is 11.3. The predicted molar refractivity (Wildman–Crippen MR) is 159 cm³/mol. The number of esters is 1. The summed E-state index contributed by atoms with van der Waals surface area (Å²) < 4.78 is 55.0. The molecule has 0 aliphatic heterocycles. The highest BCUT2D eigenvalue weighted by atomic mass is 35.5. The predicted octanol–water partition coefficient (Wildman–Crippen LogP) is 4.51. The minimum absolute atomic E-state index is 0.0927. The van der Waals surface area contributed by atoms with Gasteiger partial charge in [0.05, 0.1) is 17.1 Å². The number of halogens is 4. The van der Waals surface area contributed by atoms with Crippen LogP contribution in [0.5, 0.6) is 5.75 Å². The van der Waals surface area contributed by atoms with Crippen LogP contribution in [0.15, 0.2) is 33.0 Å². The van der Waals surface area contributed by atoms with Crippen LogP contribution in [-0.2, 0) is 27.5 Å². The second kappa shape index (κ2) is 14.3. The molecule has 0 unspecified atom stereocenters. The third kappa shape index (κ3) is 8.21. The molecule has 1 aromatic carbocycles. The first-order valence-corrected chi connectivity index (χ1v) is 14.5. The van der Waals surface area contributed by atoms with Crippen molar-refractivity contribution >= 4 is 46.6 Å². The summed E-state index contributed by atoms with van der Waals surface area (Å²) in [6.07, 6.45) is -5.21. The van der Waals surface area contributed by atoms with Crippen molar-refractivity contribution in [3.63, 3.8) is 0 Å². The van der Waals surface area contributed by atoms with Crippen LogP contribution in [0.4, 0.5) is 19.1 Å². The molecule has 0 fully saturated rings. The quantitative estimate of drug-likeness (QED) is 0.288. The number of likely N-dealkylation sites (N-methyl/N-ethyl adjacent to an activating group) is 1. The first kappa shape index (κ1) is 34.7. The number of rotatable bonds is 11. The number of thiazole rings is 1. The number of anilines is 1. The number of alkyl halides is 3. The maximum atomic E-state index is 13.3. The third-order valence-corrected chi connectivity index (χ3v) is 7.58. The van der Waals surface area contributed by atoms with Gasteiger partial charge in [0.2, 0.25) is 5.88 Å². The van der Waals surface area contributed by atoms with Crippen molar-refractivity contribution in [1.82, 2.24) is 15.2 Å². The van der Waals surface area contributed by atoms with Gasteiger partial charge in [0.1, 0.15) is 23.1 Å². The van der Waals surface area contributed by atoms with E-state index in [4.69, 9.17) is 20.8 Å². The van der Waals surface area contributed by atoms with Gasteiger partial charge >= 0.3 is 12.3 Å². The molecule has 11 nitrogen and oxygen atoms in total. The van der Waals surface area contributed by atoms with Crippen LogP contribution in [0.25, 0.3) is 11.3 Å². The van der Waals surface area contributed by atoms with E-state index in [1.807, 2.05) is 13.8 Å². The Bertz CT molecular complexity index is 1590. The molecule has 1 atom stereocenters. The molecule has 2 heterocycles. The average molecular weight is 660 g/mol. The van der Waals surface area contributed by atoms with Crippen LogP contribution in [-0.4, -0.2) is 62.9 Å². The minimum atomic E-state index is -4.94. The van der Waals surface area contributed by atoms with Crippen molar-refractivity contribution in [2.24, 2.45) is 10.9 Å². The van der Waals surface area contributed by atoms with Crippen LogP contribution in [0.2, 0.25) is 5.02 Å². The Morgan fingerprint density at radius 3 is 2.43 bits per heavy atom. The number of nitrogens with one attached hydrogen (secondary N) is 2. The Labute approximate surface area is 260 Å². The van der Waals surface area contributed by atoms with Crippen molar-refractivity contribution in [1.29, 1.82) is 0 Å². The number of ether oxygens (including phenoxy) is 2. The largest absolute Gasteiger partial charge is 0.573 e. The lowest BCUT2D eigenvalue weighted by Crippen LogP contribution is -2.40. The maximum Gasteiger partial charge on any atom is 0.573 e. The minimum Gasteiger partial charge on any atom is -0.445 e. The smallest absolute Gasteiger partial charge is 0.445 e. The number of amides is 2. The van der Waals surface area contributed by atoms with Crippen molar-refractivity contribution in [2.75, 3.05) is 33.1 Å². The van der Waals surface area contributed by atoms with E-state index < -0.39 is 35.9 Å². The molecule has 0 bridgehead atoms. The summed E-state index contributed by atoms with van der Waals surface area (Å²) in [5.41, 5.74) is 1.27. The van der Waals surface area contributed by atoms with Crippen molar-refractivity contribution < 1.29 is 41.4 Å². The molecule has 0 saturated heterocycles. The van der Waals surface area contributed by atoms with E-state index in [0.29, 0.717) is 22.6 Å². The molecule has 2 N–H and O–H groups in total. The molecule has 0 saturated carbocycles. The highest BCUT2D eigenvalue weighted by molar-refractivity contribution is 7.07. The lowest BCUT2D eigenvalue weighted by molar-refractivity contribution is -0.274. The second-order valence-corrected chi connectivity index (χ2v) is 11.3. The van der Waals surface area contributed by atoms with Gasteiger partial charge in [-0.25, -0.2) is 0 Å². The second-order valence-electron chi connectivity index (χ2n) is 10.1. The van der Waals surface area contributed by atoms with Crippen molar-refractivity contribution in [2.45, 2.75) is 46.3 Å². The van der Waals surface area contributed by atoms with Gasteiger partial charge in [0.15, 0.2) is 11.5 Å². The molecular formula is C28H33ClF3N5O6S. The number of nitrogens with zero attached hydrogens (tertiary/aromatic N) is 3. The fourth-order valence-corrected chi connectivity index (χ4v) is 5.46. The van der Waals surface area contributed by atoms with Crippen molar-refractivity contribution in [3.8, 4) is 17.0 Å². The average Bonchev–Trinajstić information content (AvgIpc) is 3.47. The highest BCUT2D eigenvalue weighted by Gasteiger charge is 2.32. The molecule has 3 rings (SSSR count). The number of carbonyl (C=O) groups is 3. The zero-order chi connectivity index (χ0) is 32.9. The fourth-order valence-electron chi connectivity index (χ4n) is 4.33. The Morgan fingerprint density at radius 2 is 1.89 bits per heavy atom. The number of furan rings is 1. The summed E-state index contributed by atoms with van der Waals surface area (Å²) in [4.78, 5) is 44.7. The standard InChI is InChI=1S/C28H33ClF3N5O6S/c1-14(2)23(33-4)26(40)41-13-37-19(16-8-9-20(18(29)10-16)43-28(30,31)32)12-44-27(37)35-21(38)11-17-15(3)42-25(36(6)7)22(17)24(39)34-5/h8-10,12,14,23,33H,11,13H2,1-7H3,(H,34,39)/b35-27-/t23-/m0/s1. The number of hydrogen-bond donors (Lipinski definition) is 2. The van der Waals surface area contributed by atoms with Gasteiger partial charge in [-0.15, -0.1) is 24.5 Å². The number of aromatic nitrogens is 1. The molecule has 2 aromatic heterocycles. The van der Waals surface area contributed by atoms with Gasteiger partial charge in [-0.05, 0) is 38.1 Å². The summed E-state index contributed by atoms with van der Waals surface area (Å²) in [7, 11) is 6.48. The number of carbonyl (C=O) groups excluding carboxylic acids is 3. The normalized spacial score (nSPS) is 12.8. The summed E-state index contributed by atoms with van der Waals surface area (Å²) in [6, 6.07) is 3.04. The van der Waals surface area contributed by atoms with Gasteiger partial charge in [-0.2, -0.15) is 4.99 Å². The zero-order valence-corrected chi connectivity index (χ0v) is 26.7. The van der Waals surface area contributed by atoms with E-state index in [2.05, 4.69) is 20.4 Å². The van der Waals surface area contributed by atoms with Crippen LogP contribution in [0.3, 0.4) is 0 Å². The van der Waals surface area contributed by atoms with Crippen LogP contribution in [0.1, 0.15) is 35.5 Å². The van der Waals surface area contributed by atoms with Gasteiger partial charge in [0, 0.05) is 37.6 Å². The van der Waals surface area contributed by atoms with E-state index in [9.17, 15) is 27.6 Å². The lowest BCUT2D eigenvalue weighted by Gasteiger charge is -2.19. The van der Waals surface area contributed by atoms with Crippen LogP contribution >= 0.6 is 22.9 Å². The number of aryl methyl sites for hydroxylation is 1. The molecular weight excluding hydrogens is 627 g/mol. The summed E-state index contributed by atoms with van der Waals surface area (Å²) in [6.45, 7) is 4.94. The molecule has 0 spiro atoms. The molecule has 2 amide bonds. The lowest BCUT2D eigenvalue weighted by atomic mass is 10.1. The molecule has 3 aromatic rings. The fraction of sp³-hybridized carbons (Fsp3) is 0.429. The first-order valence-electron chi connectivity index (χ1n) is 13.2. The first-order chi connectivity index (χ1) is 20.6. The van der Waals surface area contributed by atoms with E-state index in [0.717, 1.165) is 17.4 Å². The van der Waals surface area contributed by atoms with Crippen LogP contribution < -0.4 is 25.1 Å². The third-order valence-electron chi connectivity index (χ3n) is 6.42. The van der Waals surface area contributed by atoms with Gasteiger partial charge < -0.3 is 29.4 Å². The summed E-state index contributed by atoms with van der Waals surface area (Å²) in [5.74, 6) is -1.66. The number of benzene rings is 1. The zero-order valence-electron chi connectivity index (χ0n) is 25.1. The molecule has 0 aliphatic carbocycles. The molecule has 0 radical (unpaired) electrons. The van der Waals surface area contributed by atoms with Crippen LogP contribution in [0, 0.1) is 12.8 Å². The van der Waals surface area contributed by atoms with Gasteiger partial charge in [-0.1, -0.05) is 25.4 Å². The monoisotopic (exact) mass is 659 g/mol. The SMILES string of the molecule is CNC(=O)c1c(N(C)C)oc(C)c1CC(=O)/N=c1\scc(-c2ccc(OC(F)(F)F)c(Cl)c2)n1COC(=O)[C@@H](NC)C(C)C. The number of hydrogen-bond acceptors (Lipinski definition) is 9. The van der Waals surface area contributed by atoms with Crippen molar-refractivity contribution in [3.05, 3.63) is 50.3 Å². The van der Waals surface area contributed by atoms with Gasteiger partial charge in [-0.3, -0.25) is 19.0 Å². The molecule has 44 heavy (non-hydrogen) atoms. The Hall–Kier alpha value is -3.82.